The molecule has 0 radical (unpaired) electrons. The van der Waals surface area contributed by atoms with Gasteiger partial charge in [0, 0.05) is 11.6 Å². The average Bonchev–Trinajstić information content (AvgIpc) is 3.38. The molecule has 0 saturated heterocycles. The molecule has 0 aliphatic rings. The first kappa shape index (κ1) is 28.8. The fourth-order valence-electron chi connectivity index (χ4n) is 3.77. The Bertz CT molecular complexity index is 1740. The first-order chi connectivity index (χ1) is 20.2. The number of amides is 1. The molecule has 2 atom stereocenters. The highest BCUT2D eigenvalue weighted by Gasteiger charge is 2.18. The zero-order valence-corrected chi connectivity index (χ0v) is 23.8. The zero-order chi connectivity index (χ0) is 29.8. The monoisotopic (exact) mass is 595 g/mol. The summed E-state index contributed by atoms with van der Waals surface area (Å²) in [5.74, 6) is -0.551. The van der Waals surface area contributed by atoms with Crippen LogP contribution in [0.2, 0.25) is 0 Å². The number of carbonyl (C=O) groups excluding carboxylic acids is 1. The molecule has 0 spiro atoms. The average molecular weight is 596 g/mol. The van der Waals surface area contributed by atoms with Crippen molar-refractivity contribution in [1.82, 2.24) is 29.9 Å². The molecule has 13 nitrogen and oxygen atoms in total. The van der Waals surface area contributed by atoms with E-state index in [0.29, 0.717) is 32.3 Å². The number of benzene rings is 1. The van der Waals surface area contributed by atoms with E-state index in [4.69, 9.17) is 24.1 Å². The van der Waals surface area contributed by atoms with Gasteiger partial charge in [0.2, 0.25) is 5.88 Å². The minimum absolute atomic E-state index is 0.0540. The van der Waals surface area contributed by atoms with Crippen molar-refractivity contribution >= 4 is 44.5 Å². The minimum Gasteiger partial charge on any atom is -0.480 e. The molecule has 5 rings (SSSR count). The summed E-state index contributed by atoms with van der Waals surface area (Å²) in [5.41, 5.74) is 3.61. The number of methoxy groups -OCH3 is 1. The number of carbonyl (C=O) groups is 1. The number of aromatic nitrogens is 6. The third kappa shape index (κ3) is 6.58. The molecule has 4 heterocycles. The lowest BCUT2D eigenvalue weighted by atomic mass is 10.1. The van der Waals surface area contributed by atoms with Crippen molar-refractivity contribution in [3.8, 4) is 28.3 Å². The summed E-state index contributed by atoms with van der Waals surface area (Å²) in [4.78, 5) is 38.4. The van der Waals surface area contributed by atoms with E-state index in [1.807, 2.05) is 19.1 Å². The Kier molecular flexibility index (Phi) is 8.49. The Labute approximate surface area is 242 Å². The zero-order valence-electron chi connectivity index (χ0n) is 23.0. The van der Waals surface area contributed by atoms with Crippen LogP contribution >= 0.6 is 11.3 Å². The number of aliphatic hydroxyl groups excluding tert-OH is 1. The summed E-state index contributed by atoms with van der Waals surface area (Å²) in [5, 5.41) is 12.1. The lowest BCUT2D eigenvalue weighted by Crippen LogP contribution is -2.25. The molecular formula is C27H26FN7O6S. The van der Waals surface area contributed by atoms with Gasteiger partial charge in [-0.05, 0) is 38.5 Å². The standard InChI is InChI=1S/C27H26FN7O6S/c1-13-5-17(22-19(6-13)33-21(38-4)10-29-22)24-34-20-7-18(28)23(35-25(20)42-24)39-12-15(3)41-27(37)32-16-8-30-26(31-9-16)40-14(2)11-36/h5-10,14-15,36H,11-12H2,1-4H3,(H,32,37)/t14-,15-/m1/s1. The lowest BCUT2D eigenvalue weighted by Gasteiger charge is -2.15. The van der Waals surface area contributed by atoms with Crippen molar-refractivity contribution in [3.63, 3.8) is 0 Å². The van der Waals surface area contributed by atoms with Crippen LogP contribution in [0.4, 0.5) is 14.9 Å². The molecule has 0 bridgehead atoms. The SMILES string of the molecule is COc1cnc2c(-c3nc4cc(F)c(OC[C@@H](C)OC(=O)Nc5cnc(O[C@H](C)CO)nc5)nc4s3)cc(C)cc2n1. The maximum absolute atomic E-state index is 14.8. The molecule has 15 heteroatoms. The van der Waals surface area contributed by atoms with E-state index in [-0.39, 0.29) is 30.8 Å². The number of anilines is 1. The van der Waals surface area contributed by atoms with Crippen LogP contribution in [0.1, 0.15) is 19.4 Å². The Balaban J connectivity index is 1.24. The molecule has 0 unspecified atom stereocenters. The summed E-state index contributed by atoms with van der Waals surface area (Å²) in [6.45, 7) is 4.83. The molecular weight excluding hydrogens is 569 g/mol. The molecule has 0 fully saturated rings. The van der Waals surface area contributed by atoms with Gasteiger partial charge in [0.15, 0.2) is 5.82 Å². The second kappa shape index (κ2) is 12.4. The van der Waals surface area contributed by atoms with Crippen LogP contribution in [0.3, 0.4) is 0 Å². The molecule has 5 aromatic rings. The number of ether oxygens (including phenoxy) is 4. The number of aliphatic hydroxyl groups is 1. The fraction of sp³-hybridized carbons (Fsp3) is 0.296. The minimum atomic E-state index is -0.783. The molecule has 1 aromatic carbocycles. The summed E-state index contributed by atoms with van der Waals surface area (Å²) in [6, 6.07) is 5.13. The van der Waals surface area contributed by atoms with Crippen LogP contribution in [0.15, 0.2) is 36.8 Å². The predicted octanol–water partition coefficient (Wildman–Crippen LogP) is 4.32. The number of halogens is 1. The fourth-order valence-corrected chi connectivity index (χ4v) is 4.70. The van der Waals surface area contributed by atoms with Crippen molar-refractivity contribution in [1.29, 1.82) is 0 Å². The van der Waals surface area contributed by atoms with Gasteiger partial charge in [-0.15, -0.1) is 0 Å². The number of thiazole rings is 1. The van der Waals surface area contributed by atoms with E-state index in [1.54, 1.807) is 13.8 Å². The van der Waals surface area contributed by atoms with Crippen LogP contribution in [0.25, 0.3) is 32.0 Å². The van der Waals surface area contributed by atoms with Gasteiger partial charge in [-0.2, -0.15) is 4.98 Å². The third-order valence-corrected chi connectivity index (χ3v) is 6.71. The second-order valence-corrected chi connectivity index (χ2v) is 10.2. The van der Waals surface area contributed by atoms with Crippen LogP contribution in [-0.4, -0.2) is 73.6 Å². The quantitative estimate of drug-likeness (QED) is 0.235. The van der Waals surface area contributed by atoms with E-state index in [2.05, 4.69) is 35.2 Å². The number of fused-ring (bicyclic) bond motifs is 2. The second-order valence-electron chi connectivity index (χ2n) is 9.23. The van der Waals surface area contributed by atoms with Crippen molar-refractivity contribution in [2.75, 3.05) is 25.6 Å². The Morgan fingerprint density at radius 3 is 2.57 bits per heavy atom. The number of aryl methyl sites for hydroxylation is 1. The highest BCUT2D eigenvalue weighted by atomic mass is 32.1. The summed E-state index contributed by atoms with van der Waals surface area (Å²) < 4.78 is 36.1. The van der Waals surface area contributed by atoms with Crippen molar-refractivity contribution in [3.05, 3.63) is 48.2 Å². The van der Waals surface area contributed by atoms with Gasteiger partial charge in [-0.25, -0.2) is 34.1 Å². The lowest BCUT2D eigenvalue weighted by molar-refractivity contribution is 0.0827. The van der Waals surface area contributed by atoms with Crippen molar-refractivity contribution in [2.24, 2.45) is 0 Å². The van der Waals surface area contributed by atoms with E-state index in [9.17, 15) is 9.18 Å². The number of nitrogens with one attached hydrogen (secondary N) is 1. The van der Waals surface area contributed by atoms with Gasteiger partial charge < -0.3 is 24.1 Å². The van der Waals surface area contributed by atoms with E-state index >= 15 is 0 Å². The third-order valence-electron chi connectivity index (χ3n) is 5.71. The van der Waals surface area contributed by atoms with Gasteiger partial charge in [0.1, 0.15) is 34.2 Å². The molecule has 42 heavy (non-hydrogen) atoms. The largest absolute Gasteiger partial charge is 0.480 e. The van der Waals surface area contributed by atoms with Crippen molar-refractivity contribution < 1.29 is 33.2 Å². The summed E-state index contributed by atoms with van der Waals surface area (Å²) in [6.07, 6.45) is 2.19. The number of rotatable bonds is 10. The maximum Gasteiger partial charge on any atom is 0.412 e. The van der Waals surface area contributed by atoms with E-state index in [0.717, 1.165) is 11.1 Å². The molecule has 218 valence electrons. The van der Waals surface area contributed by atoms with Crippen LogP contribution in [0.5, 0.6) is 17.8 Å². The van der Waals surface area contributed by atoms with E-state index < -0.39 is 24.1 Å². The van der Waals surface area contributed by atoms with Gasteiger partial charge in [-0.3, -0.25) is 5.32 Å². The van der Waals surface area contributed by atoms with Crippen molar-refractivity contribution in [2.45, 2.75) is 33.0 Å². The van der Waals surface area contributed by atoms with Crippen LogP contribution in [0, 0.1) is 12.7 Å². The Morgan fingerprint density at radius 2 is 1.83 bits per heavy atom. The van der Waals surface area contributed by atoms with Crippen LogP contribution < -0.4 is 19.5 Å². The van der Waals surface area contributed by atoms with Gasteiger partial charge >= 0.3 is 12.1 Å². The molecule has 0 aliphatic heterocycles. The normalized spacial score (nSPS) is 12.6. The summed E-state index contributed by atoms with van der Waals surface area (Å²) >= 11 is 1.26. The highest BCUT2D eigenvalue weighted by molar-refractivity contribution is 7.21. The number of hydrogen-bond donors (Lipinski definition) is 2. The number of hydrogen-bond acceptors (Lipinski definition) is 13. The highest BCUT2D eigenvalue weighted by Crippen LogP contribution is 2.35. The first-order valence-corrected chi connectivity index (χ1v) is 13.5. The number of nitrogens with zero attached hydrogens (tertiary/aromatic N) is 6. The topological polar surface area (TPSA) is 164 Å². The van der Waals surface area contributed by atoms with E-state index in [1.165, 1.54) is 43.1 Å². The van der Waals surface area contributed by atoms with Gasteiger partial charge in [0.05, 0.1) is 49.0 Å². The molecule has 2 N–H and O–H groups in total. The smallest absolute Gasteiger partial charge is 0.412 e. The summed E-state index contributed by atoms with van der Waals surface area (Å²) in [7, 11) is 1.52. The molecule has 1 amide bonds. The van der Waals surface area contributed by atoms with Gasteiger partial charge in [0.25, 0.3) is 5.88 Å². The number of pyridine rings is 1. The molecule has 4 aromatic heterocycles. The van der Waals surface area contributed by atoms with Crippen LogP contribution in [-0.2, 0) is 4.74 Å². The maximum atomic E-state index is 14.8. The van der Waals surface area contributed by atoms with Gasteiger partial charge in [-0.1, -0.05) is 11.3 Å². The Morgan fingerprint density at radius 1 is 1.05 bits per heavy atom. The molecule has 0 aliphatic carbocycles. The predicted molar refractivity (Wildman–Crippen MR) is 151 cm³/mol. The first-order valence-electron chi connectivity index (χ1n) is 12.7. The Hall–Kier alpha value is -4.76. The molecule has 0 saturated carbocycles.